The summed E-state index contributed by atoms with van der Waals surface area (Å²) in [5.74, 6) is 0.174. The zero-order valence-corrected chi connectivity index (χ0v) is 10.5. The third kappa shape index (κ3) is 3.37. The molecule has 0 aliphatic heterocycles. The molecule has 0 radical (unpaired) electrons. The highest BCUT2D eigenvalue weighted by Gasteiger charge is 2.15. The van der Waals surface area contributed by atoms with Crippen molar-refractivity contribution in [2.24, 2.45) is 5.92 Å². The Bertz CT molecular complexity index is 305. The average molecular weight is 247 g/mol. The molecule has 1 N–H and O–H groups in total. The highest BCUT2D eigenvalue weighted by Crippen LogP contribution is 2.27. The number of benzene rings is 1. The Labute approximate surface area is 101 Å². The Morgan fingerprint density at radius 1 is 1.27 bits per heavy atom. The summed E-state index contributed by atoms with van der Waals surface area (Å²) < 4.78 is 0. The summed E-state index contributed by atoms with van der Waals surface area (Å²) in [6.07, 6.45) is 1.17. The second kappa shape index (κ2) is 5.74. The molecule has 0 spiro atoms. The van der Waals surface area contributed by atoms with Crippen LogP contribution in [0.1, 0.15) is 25.8 Å². The highest BCUT2D eigenvalue weighted by molar-refractivity contribution is 6.35. The molecule has 15 heavy (non-hydrogen) atoms. The van der Waals surface area contributed by atoms with E-state index in [1.165, 1.54) is 0 Å². The number of aliphatic hydroxyl groups is 1. The molecule has 0 bridgehead atoms. The molecule has 1 aromatic rings. The van der Waals surface area contributed by atoms with Crippen LogP contribution in [0.2, 0.25) is 10.0 Å². The Hall–Kier alpha value is -0.240. The molecule has 0 heterocycles. The van der Waals surface area contributed by atoms with Gasteiger partial charge in [0.2, 0.25) is 0 Å². The molecule has 84 valence electrons. The van der Waals surface area contributed by atoms with Gasteiger partial charge in [-0.05, 0) is 36.5 Å². The number of halogens is 2. The molecule has 1 aromatic carbocycles. The first-order chi connectivity index (χ1) is 7.06. The summed E-state index contributed by atoms with van der Waals surface area (Å²) in [5.41, 5.74) is 0.931. The molecule has 3 heteroatoms. The van der Waals surface area contributed by atoms with Crippen molar-refractivity contribution in [2.75, 3.05) is 0 Å². The first-order valence-electron chi connectivity index (χ1n) is 5.17. The van der Waals surface area contributed by atoms with E-state index < -0.39 is 0 Å². The predicted octanol–water partition coefficient (Wildman–Crippen LogP) is 3.94. The van der Waals surface area contributed by atoms with Gasteiger partial charge in [0.15, 0.2) is 0 Å². The summed E-state index contributed by atoms with van der Waals surface area (Å²) in [7, 11) is 0. The molecule has 2 atom stereocenters. The average Bonchev–Trinajstić information content (AvgIpc) is 2.22. The summed E-state index contributed by atoms with van der Waals surface area (Å²) in [6, 6.07) is 5.48. The van der Waals surface area contributed by atoms with Gasteiger partial charge >= 0.3 is 0 Å². The maximum Gasteiger partial charge on any atom is 0.0566 e. The van der Waals surface area contributed by atoms with Crippen molar-refractivity contribution in [3.8, 4) is 0 Å². The molecule has 0 fully saturated rings. The van der Waals surface area contributed by atoms with Gasteiger partial charge in [0.05, 0.1) is 6.10 Å². The molecule has 0 aromatic heterocycles. The smallest absolute Gasteiger partial charge is 0.0566 e. The Balaban J connectivity index is 2.80. The van der Waals surface area contributed by atoms with Gasteiger partial charge in [-0.25, -0.2) is 0 Å². The van der Waals surface area contributed by atoms with Crippen LogP contribution in [0.25, 0.3) is 0 Å². The molecule has 1 nitrogen and oxygen atoms in total. The van der Waals surface area contributed by atoms with E-state index in [4.69, 9.17) is 23.2 Å². The first kappa shape index (κ1) is 12.8. The lowest BCUT2D eigenvalue weighted by molar-refractivity contribution is 0.113. The summed E-state index contributed by atoms with van der Waals surface area (Å²) in [5, 5.41) is 11.0. The Morgan fingerprint density at radius 3 is 2.27 bits per heavy atom. The van der Waals surface area contributed by atoms with Gasteiger partial charge < -0.3 is 5.11 Å². The van der Waals surface area contributed by atoms with E-state index in [1.54, 1.807) is 0 Å². The molecular weight excluding hydrogens is 231 g/mol. The quantitative estimate of drug-likeness (QED) is 0.854. The lowest BCUT2D eigenvalue weighted by Crippen LogP contribution is -2.18. The maximum atomic E-state index is 9.68. The van der Waals surface area contributed by atoms with Gasteiger partial charge in [-0.3, -0.25) is 0 Å². The molecular formula is C12H16Cl2O. The Kier molecular flexibility index (Phi) is 4.91. The van der Waals surface area contributed by atoms with Gasteiger partial charge in [-0.2, -0.15) is 0 Å². The topological polar surface area (TPSA) is 20.2 Å². The first-order valence-corrected chi connectivity index (χ1v) is 5.92. The van der Waals surface area contributed by atoms with E-state index in [-0.39, 0.29) is 12.0 Å². The van der Waals surface area contributed by atoms with E-state index in [0.29, 0.717) is 16.5 Å². The Morgan fingerprint density at radius 2 is 1.80 bits per heavy atom. The predicted molar refractivity (Wildman–Crippen MR) is 65.6 cm³/mol. The van der Waals surface area contributed by atoms with Crippen LogP contribution in [0.5, 0.6) is 0 Å². The van der Waals surface area contributed by atoms with Gasteiger partial charge in [0, 0.05) is 10.0 Å². The van der Waals surface area contributed by atoms with Crippen LogP contribution in [0.3, 0.4) is 0 Å². The normalized spacial score (nSPS) is 15.0. The van der Waals surface area contributed by atoms with E-state index in [1.807, 2.05) is 32.0 Å². The molecule has 0 aliphatic carbocycles. The molecule has 1 rings (SSSR count). The van der Waals surface area contributed by atoms with Crippen molar-refractivity contribution in [3.05, 3.63) is 33.8 Å². The van der Waals surface area contributed by atoms with Gasteiger partial charge in [-0.15, -0.1) is 0 Å². The van der Waals surface area contributed by atoms with Crippen LogP contribution >= 0.6 is 23.2 Å². The number of hydrogen-bond acceptors (Lipinski definition) is 1. The number of rotatable bonds is 4. The van der Waals surface area contributed by atoms with E-state index in [0.717, 1.165) is 12.0 Å². The summed E-state index contributed by atoms with van der Waals surface area (Å²) in [6.45, 7) is 3.98. The van der Waals surface area contributed by atoms with Gasteiger partial charge in [-0.1, -0.05) is 43.1 Å². The second-order valence-corrected chi connectivity index (χ2v) is 4.67. The lowest BCUT2D eigenvalue weighted by atomic mass is 9.94. The van der Waals surface area contributed by atoms with Gasteiger partial charge in [0.1, 0.15) is 0 Å². The summed E-state index contributed by atoms with van der Waals surface area (Å²) in [4.78, 5) is 0. The van der Waals surface area contributed by atoms with Crippen LogP contribution in [0.15, 0.2) is 18.2 Å². The molecule has 0 aliphatic rings. The molecule has 2 unspecified atom stereocenters. The fourth-order valence-corrected chi connectivity index (χ4v) is 2.14. The second-order valence-electron chi connectivity index (χ2n) is 3.86. The minimum atomic E-state index is -0.294. The van der Waals surface area contributed by atoms with E-state index >= 15 is 0 Å². The van der Waals surface area contributed by atoms with Crippen LogP contribution in [-0.2, 0) is 6.42 Å². The zero-order chi connectivity index (χ0) is 11.4. The molecule has 0 saturated heterocycles. The largest absolute Gasteiger partial charge is 0.393 e. The zero-order valence-electron chi connectivity index (χ0n) is 9.00. The standard InChI is InChI=1S/C12H16Cl2O/c1-3-12(15)8(2)7-9-10(13)5-4-6-11(9)14/h4-6,8,12,15H,3,7H2,1-2H3. The third-order valence-electron chi connectivity index (χ3n) is 2.66. The van der Waals surface area contributed by atoms with Crippen molar-refractivity contribution in [1.82, 2.24) is 0 Å². The minimum Gasteiger partial charge on any atom is -0.393 e. The van der Waals surface area contributed by atoms with E-state index in [9.17, 15) is 5.11 Å². The number of hydrogen-bond donors (Lipinski definition) is 1. The molecule has 0 amide bonds. The van der Waals surface area contributed by atoms with Crippen molar-refractivity contribution in [1.29, 1.82) is 0 Å². The van der Waals surface area contributed by atoms with Crippen LogP contribution in [0.4, 0.5) is 0 Å². The minimum absolute atomic E-state index is 0.174. The summed E-state index contributed by atoms with van der Waals surface area (Å²) >= 11 is 12.1. The van der Waals surface area contributed by atoms with Crippen molar-refractivity contribution < 1.29 is 5.11 Å². The van der Waals surface area contributed by atoms with Crippen LogP contribution in [-0.4, -0.2) is 11.2 Å². The van der Waals surface area contributed by atoms with Crippen LogP contribution < -0.4 is 0 Å². The van der Waals surface area contributed by atoms with Crippen molar-refractivity contribution >= 4 is 23.2 Å². The maximum absolute atomic E-state index is 9.68. The highest BCUT2D eigenvalue weighted by atomic mass is 35.5. The fourth-order valence-electron chi connectivity index (χ4n) is 1.59. The lowest BCUT2D eigenvalue weighted by Gasteiger charge is -2.18. The third-order valence-corrected chi connectivity index (χ3v) is 3.37. The molecule has 0 saturated carbocycles. The van der Waals surface area contributed by atoms with Crippen molar-refractivity contribution in [3.63, 3.8) is 0 Å². The SMILES string of the molecule is CCC(O)C(C)Cc1c(Cl)cccc1Cl. The van der Waals surface area contributed by atoms with Gasteiger partial charge in [0.25, 0.3) is 0 Å². The van der Waals surface area contributed by atoms with Crippen LogP contribution in [0, 0.1) is 5.92 Å². The monoisotopic (exact) mass is 246 g/mol. The van der Waals surface area contributed by atoms with Crippen molar-refractivity contribution in [2.45, 2.75) is 32.8 Å². The van der Waals surface area contributed by atoms with E-state index in [2.05, 4.69) is 0 Å². The fraction of sp³-hybridized carbons (Fsp3) is 0.500. The number of aliphatic hydroxyl groups excluding tert-OH is 1.